The number of rotatable bonds is 1. The lowest BCUT2D eigenvalue weighted by Crippen LogP contribution is -2.32. The summed E-state index contributed by atoms with van der Waals surface area (Å²) in [7, 11) is -2.93. The summed E-state index contributed by atoms with van der Waals surface area (Å²) in [6.45, 7) is 4.20. The van der Waals surface area contributed by atoms with Gasteiger partial charge in [0.25, 0.3) is 0 Å². The quantitative estimate of drug-likeness (QED) is 0.799. The average molecular weight is 295 g/mol. The minimum Gasteiger partial charge on any atom is -0.347 e. The Kier molecular flexibility index (Phi) is 3.08. The van der Waals surface area contributed by atoms with Gasteiger partial charge in [0.2, 0.25) is 0 Å². The highest BCUT2D eigenvalue weighted by atomic mass is 32.2. The number of sulfone groups is 1. The van der Waals surface area contributed by atoms with Crippen molar-refractivity contribution in [3.63, 3.8) is 0 Å². The van der Waals surface area contributed by atoms with E-state index >= 15 is 0 Å². The number of fused-ring (bicyclic) bond motifs is 1. The van der Waals surface area contributed by atoms with Crippen molar-refractivity contribution in [2.75, 3.05) is 11.5 Å². The van der Waals surface area contributed by atoms with Crippen molar-refractivity contribution in [1.29, 1.82) is 0 Å². The Bertz CT molecular complexity index is 655. The lowest BCUT2D eigenvalue weighted by atomic mass is 9.76. The van der Waals surface area contributed by atoms with Crippen LogP contribution in [0.4, 0.5) is 0 Å². The van der Waals surface area contributed by atoms with Gasteiger partial charge in [-0.25, -0.2) is 8.42 Å². The molecule has 1 aromatic rings. The summed E-state index contributed by atoms with van der Waals surface area (Å²) in [5.74, 6) is 0.703. The van der Waals surface area contributed by atoms with Gasteiger partial charge in [0.1, 0.15) is 0 Å². The van der Waals surface area contributed by atoms with Crippen molar-refractivity contribution in [2.45, 2.75) is 45.6 Å². The van der Waals surface area contributed by atoms with E-state index in [-0.39, 0.29) is 23.0 Å². The second kappa shape index (κ2) is 4.45. The third kappa shape index (κ3) is 2.43. The Labute approximate surface area is 120 Å². The van der Waals surface area contributed by atoms with Gasteiger partial charge < -0.3 is 4.57 Å². The minimum atomic E-state index is -2.93. The van der Waals surface area contributed by atoms with E-state index in [4.69, 9.17) is 0 Å². The third-order valence-corrected chi connectivity index (χ3v) is 6.25. The predicted octanol–water partition coefficient (Wildman–Crippen LogP) is 2.39. The number of aromatic nitrogens is 1. The molecule has 0 spiro atoms. The van der Waals surface area contributed by atoms with Gasteiger partial charge in [-0.1, -0.05) is 13.8 Å². The van der Waals surface area contributed by atoms with E-state index in [9.17, 15) is 13.2 Å². The van der Waals surface area contributed by atoms with Crippen molar-refractivity contribution in [1.82, 2.24) is 4.57 Å². The van der Waals surface area contributed by atoms with Crippen LogP contribution in [0.2, 0.25) is 0 Å². The lowest BCUT2D eigenvalue weighted by Gasteiger charge is -2.32. The number of nitrogens with zero attached hydrogens (tertiary/aromatic N) is 1. The molecule has 0 amide bonds. The Morgan fingerprint density at radius 2 is 2.05 bits per heavy atom. The molecular formula is C15H21NO3S. The first-order chi connectivity index (χ1) is 9.27. The fourth-order valence-corrected chi connectivity index (χ4v) is 5.21. The van der Waals surface area contributed by atoms with Crippen LogP contribution in [0, 0.1) is 5.41 Å². The van der Waals surface area contributed by atoms with Gasteiger partial charge in [-0.2, -0.15) is 0 Å². The molecule has 4 nitrogen and oxygen atoms in total. The van der Waals surface area contributed by atoms with Crippen LogP contribution in [0.3, 0.4) is 0 Å². The normalized spacial score (nSPS) is 28.1. The van der Waals surface area contributed by atoms with E-state index in [0.717, 1.165) is 30.5 Å². The number of hydrogen-bond acceptors (Lipinski definition) is 3. The third-order valence-electron chi connectivity index (χ3n) is 4.44. The summed E-state index contributed by atoms with van der Waals surface area (Å²) < 4.78 is 25.7. The molecule has 0 bridgehead atoms. The first kappa shape index (κ1) is 13.9. The molecule has 1 saturated heterocycles. The number of carbonyl (C=O) groups is 1. The molecule has 1 fully saturated rings. The molecule has 0 radical (unpaired) electrons. The number of hydrogen-bond donors (Lipinski definition) is 0. The predicted molar refractivity (Wildman–Crippen MR) is 77.8 cm³/mol. The molecule has 1 aliphatic carbocycles. The molecule has 0 aromatic carbocycles. The summed E-state index contributed by atoms with van der Waals surface area (Å²) in [4.78, 5) is 12.2. The number of Topliss-reactive ketones (excluding diaryl/α,β-unsaturated/α-hetero) is 1. The number of carbonyl (C=O) groups excluding carboxylic acids is 1. The van der Waals surface area contributed by atoms with Crippen LogP contribution in [0.15, 0.2) is 12.3 Å². The van der Waals surface area contributed by atoms with Crippen LogP contribution in [0.25, 0.3) is 0 Å². The first-order valence-electron chi connectivity index (χ1n) is 7.21. The maximum absolute atomic E-state index is 12.2. The van der Waals surface area contributed by atoms with Crippen molar-refractivity contribution >= 4 is 15.6 Å². The van der Waals surface area contributed by atoms with Gasteiger partial charge in [0, 0.05) is 29.9 Å². The first-order valence-corrected chi connectivity index (χ1v) is 9.03. The molecule has 5 heteroatoms. The van der Waals surface area contributed by atoms with Gasteiger partial charge >= 0.3 is 0 Å². The molecule has 1 aromatic heterocycles. The van der Waals surface area contributed by atoms with Gasteiger partial charge in [-0.05, 0) is 30.7 Å². The zero-order chi connectivity index (χ0) is 14.5. The second-order valence-corrected chi connectivity index (χ2v) is 9.16. The maximum atomic E-state index is 12.2. The maximum Gasteiger partial charge on any atom is 0.165 e. The summed E-state index contributed by atoms with van der Waals surface area (Å²) in [6, 6.07) is 1.87. The lowest BCUT2D eigenvalue weighted by molar-refractivity contribution is 0.0909. The molecule has 0 N–H and O–H groups in total. The van der Waals surface area contributed by atoms with Crippen LogP contribution < -0.4 is 0 Å². The second-order valence-electron chi connectivity index (χ2n) is 6.93. The highest BCUT2D eigenvalue weighted by Gasteiger charge is 2.35. The van der Waals surface area contributed by atoms with E-state index < -0.39 is 9.84 Å². The van der Waals surface area contributed by atoms with E-state index in [1.54, 1.807) is 0 Å². The van der Waals surface area contributed by atoms with Crippen LogP contribution >= 0.6 is 0 Å². The Hall–Kier alpha value is -1.10. The van der Waals surface area contributed by atoms with Crippen molar-refractivity contribution < 1.29 is 13.2 Å². The zero-order valence-corrected chi connectivity index (χ0v) is 12.9. The van der Waals surface area contributed by atoms with Gasteiger partial charge in [0.05, 0.1) is 11.5 Å². The highest BCUT2D eigenvalue weighted by Crippen LogP contribution is 2.37. The fraction of sp³-hybridized carbons (Fsp3) is 0.667. The van der Waals surface area contributed by atoms with Crippen molar-refractivity contribution in [2.24, 2.45) is 5.41 Å². The van der Waals surface area contributed by atoms with Crippen LogP contribution in [-0.2, 0) is 16.3 Å². The molecule has 110 valence electrons. The van der Waals surface area contributed by atoms with Crippen molar-refractivity contribution in [3.05, 3.63) is 23.5 Å². The standard InChI is InChI=1S/C15H21NO3S/c1-15(2)8-13-12(14(17)9-15)5-6-16(13)11-4-3-7-20(18,19)10-11/h5-6,11H,3-4,7-10H2,1-2H3. The van der Waals surface area contributed by atoms with E-state index in [0.29, 0.717) is 12.2 Å². The molecule has 0 saturated carbocycles. The van der Waals surface area contributed by atoms with E-state index in [1.807, 2.05) is 12.3 Å². The number of ketones is 1. The Morgan fingerprint density at radius 1 is 1.30 bits per heavy atom. The van der Waals surface area contributed by atoms with Crippen LogP contribution in [-0.4, -0.2) is 30.3 Å². The van der Waals surface area contributed by atoms with Gasteiger partial charge in [0.15, 0.2) is 15.6 Å². The zero-order valence-electron chi connectivity index (χ0n) is 12.1. The minimum absolute atomic E-state index is 0.000741. The largest absolute Gasteiger partial charge is 0.347 e. The molecular weight excluding hydrogens is 274 g/mol. The van der Waals surface area contributed by atoms with Gasteiger partial charge in [-0.15, -0.1) is 0 Å². The molecule has 1 aliphatic heterocycles. The Balaban J connectivity index is 1.99. The molecule has 20 heavy (non-hydrogen) atoms. The monoisotopic (exact) mass is 295 g/mol. The molecule has 1 unspecified atom stereocenters. The van der Waals surface area contributed by atoms with E-state index in [1.165, 1.54) is 0 Å². The van der Waals surface area contributed by atoms with Crippen LogP contribution in [0.5, 0.6) is 0 Å². The molecule has 1 atom stereocenters. The molecule has 2 heterocycles. The van der Waals surface area contributed by atoms with Crippen molar-refractivity contribution in [3.8, 4) is 0 Å². The summed E-state index contributed by atoms with van der Waals surface area (Å²) in [5, 5.41) is 0. The summed E-state index contributed by atoms with van der Waals surface area (Å²) >= 11 is 0. The van der Waals surface area contributed by atoms with Crippen LogP contribution in [0.1, 0.15) is 55.2 Å². The SMILES string of the molecule is CC1(C)CC(=O)c2ccn(C3CCCS(=O)(=O)C3)c2C1. The highest BCUT2D eigenvalue weighted by molar-refractivity contribution is 7.91. The fourth-order valence-electron chi connectivity index (χ4n) is 3.53. The smallest absolute Gasteiger partial charge is 0.165 e. The van der Waals surface area contributed by atoms with Gasteiger partial charge in [-0.3, -0.25) is 4.79 Å². The Morgan fingerprint density at radius 3 is 2.75 bits per heavy atom. The summed E-state index contributed by atoms with van der Waals surface area (Å²) in [5.41, 5.74) is 1.80. The summed E-state index contributed by atoms with van der Waals surface area (Å²) in [6.07, 6.45) is 4.94. The molecule has 2 aliphatic rings. The van der Waals surface area contributed by atoms with E-state index in [2.05, 4.69) is 18.4 Å². The molecule has 3 rings (SSSR count). The topological polar surface area (TPSA) is 56.1 Å². The average Bonchev–Trinajstić information content (AvgIpc) is 2.69.